The summed E-state index contributed by atoms with van der Waals surface area (Å²) in [6, 6.07) is 10.8. The molecule has 0 N–H and O–H groups in total. The van der Waals surface area contributed by atoms with Crippen LogP contribution in [0.4, 0.5) is 0 Å². The highest BCUT2D eigenvalue weighted by atomic mass is 16.2. The van der Waals surface area contributed by atoms with Gasteiger partial charge < -0.3 is 9.80 Å². The molecule has 0 radical (unpaired) electrons. The standard InChI is InChI=1S/C18H24N2O/c1-19-7-8-20(17(12-19)13-5-3-2-4-6-13)18(21)16-10-14-9-15(14)11-16/h2-6,14-17H,7-12H2,1H3. The van der Waals surface area contributed by atoms with Crippen LogP contribution in [0.1, 0.15) is 30.9 Å². The molecule has 1 aromatic rings. The fraction of sp³-hybridized carbons (Fsp3) is 0.611. The molecule has 112 valence electrons. The molecule has 3 fully saturated rings. The highest BCUT2D eigenvalue weighted by Gasteiger charge is 2.49. The summed E-state index contributed by atoms with van der Waals surface area (Å²) >= 11 is 0. The Labute approximate surface area is 126 Å². The van der Waals surface area contributed by atoms with E-state index >= 15 is 0 Å². The number of benzene rings is 1. The molecule has 0 spiro atoms. The second-order valence-electron chi connectivity index (χ2n) is 7.14. The molecule has 3 atom stereocenters. The highest BCUT2D eigenvalue weighted by Crippen LogP contribution is 2.55. The van der Waals surface area contributed by atoms with Crippen LogP contribution >= 0.6 is 0 Å². The number of fused-ring (bicyclic) bond motifs is 1. The normalized spacial score (nSPS) is 35.6. The summed E-state index contributed by atoms with van der Waals surface area (Å²) in [5, 5.41) is 0. The summed E-state index contributed by atoms with van der Waals surface area (Å²) in [6.07, 6.45) is 3.68. The largest absolute Gasteiger partial charge is 0.333 e. The molecule has 3 nitrogen and oxygen atoms in total. The Hall–Kier alpha value is -1.35. The van der Waals surface area contributed by atoms with Crippen molar-refractivity contribution in [1.29, 1.82) is 0 Å². The van der Waals surface area contributed by atoms with E-state index in [1.54, 1.807) is 0 Å². The molecule has 1 heterocycles. The predicted octanol–water partition coefficient (Wildman–Crippen LogP) is 2.55. The summed E-state index contributed by atoms with van der Waals surface area (Å²) in [5.41, 5.74) is 1.28. The molecule has 0 aromatic heterocycles. The molecule has 3 aliphatic rings. The van der Waals surface area contributed by atoms with Gasteiger partial charge in [-0.25, -0.2) is 0 Å². The number of nitrogens with zero attached hydrogens (tertiary/aromatic N) is 2. The molecule has 4 rings (SSSR count). The fourth-order valence-corrected chi connectivity index (χ4v) is 4.29. The van der Waals surface area contributed by atoms with Gasteiger partial charge in [-0.15, -0.1) is 0 Å². The lowest BCUT2D eigenvalue weighted by atomic mass is 9.97. The number of amides is 1. The maximum absolute atomic E-state index is 13.0. The Bertz CT molecular complexity index is 519. The zero-order valence-corrected chi connectivity index (χ0v) is 12.7. The second kappa shape index (κ2) is 5.13. The first-order valence-corrected chi connectivity index (χ1v) is 8.26. The van der Waals surface area contributed by atoms with Crippen LogP contribution < -0.4 is 0 Å². The van der Waals surface area contributed by atoms with E-state index in [0.29, 0.717) is 11.8 Å². The smallest absolute Gasteiger partial charge is 0.226 e. The van der Waals surface area contributed by atoms with Gasteiger partial charge in [-0.05, 0) is 43.7 Å². The molecule has 3 unspecified atom stereocenters. The van der Waals surface area contributed by atoms with Crippen LogP contribution in [-0.2, 0) is 4.79 Å². The summed E-state index contributed by atoms with van der Waals surface area (Å²) in [4.78, 5) is 17.5. The monoisotopic (exact) mass is 284 g/mol. The number of hydrogen-bond acceptors (Lipinski definition) is 2. The second-order valence-corrected chi connectivity index (χ2v) is 7.14. The van der Waals surface area contributed by atoms with Crippen LogP contribution in [0.5, 0.6) is 0 Å². The molecule has 1 saturated heterocycles. The molecular formula is C18H24N2O. The first-order valence-electron chi connectivity index (χ1n) is 8.26. The third kappa shape index (κ3) is 2.48. The molecule has 1 amide bonds. The number of hydrogen-bond donors (Lipinski definition) is 0. The molecular weight excluding hydrogens is 260 g/mol. The minimum Gasteiger partial charge on any atom is -0.333 e. The van der Waals surface area contributed by atoms with Gasteiger partial charge in [0.2, 0.25) is 5.91 Å². The van der Waals surface area contributed by atoms with Crippen molar-refractivity contribution in [2.45, 2.75) is 25.3 Å². The minimum absolute atomic E-state index is 0.231. The zero-order chi connectivity index (χ0) is 14.4. The van der Waals surface area contributed by atoms with Crippen molar-refractivity contribution in [3.05, 3.63) is 35.9 Å². The van der Waals surface area contributed by atoms with Gasteiger partial charge in [-0.2, -0.15) is 0 Å². The Morgan fingerprint density at radius 2 is 1.76 bits per heavy atom. The number of rotatable bonds is 2. The van der Waals surface area contributed by atoms with Gasteiger partial charge in [0.15, 0.2) is 0 Å². The Balaban J connectivity index is 1.54. The van der Waals surface area contributed by atoms with Gasteiger partial charge in [-0.1, -0.05) is 30.3 Å². The van der Waals surface area contributed by atoms with Crippen LogP contribution in [-0.4, -0.2) is 42.4 Å². The van der Waals surface area contributed by atoms with E-state index in [4.69, 9.17) is 0 Å². The van der Waals surface area contributed by atoms with Gasteiger partial charge in [0.1, 0.15) is 0 Å². The zero-order valence-electron chi connectivity index (χ0n) is 12.7. The van der Waals surface area contributed by atoms with Gasteiger partial charge >= 0.3 is 0 Å². The number of piperazine rings is 1. The average molecular weight is 284 g/mol. The third-order valence-corrected chi connectivity index (χ3v) is 5.64. The lowest BCUT2D eigenvalue weighted by Crippen LogP contribution is -2.50. The van der Waals surface area contributed by atoms with Crippen LogP contribution in [0.15, 0.2) is 30.3 Å². The van der Waals surface area contributed by atoms with Gasteiger partial charge in [-0.3, -0.25) is 4.79 Å². The van der Waals surface area contributed by atoms with Gasteiger partial charge in [0, 0.05) is 25.6 Å². The summed E-state index contributed by atoms with van der Waals surface area (Å²) in [5.74, 6) is 2.48. The van der Waals surface area contributed by atoms with E-state index in [-0.39, 0.29) is 6.04 Å². The van der Waals surface area contributed by atoms with Gasteiger partial charge in [0.25, 0.3) is 0 Å². The minimum atomic E-state index is 0.231. The third-order valence-electron chi connectivity index (χ3n) is 5.64. The van der Waals surface area contributed by atoms with E-state index in [1.807, 2.05) is 6.07 Å². The molecule has 3 heteroatoms. The van der Waals surface area contributed by atoms with Crippen molar-refractivity contribution < 1.29 is 4.79 Å². The number of carbonyl (C=O) groups excluding carboxylic acids is 1. The van der Waals surface area contributed by atoms with Crippen molar-refractivity contribution in [2.75, 3.05) is 26.7 Å². The Morgan fingerprint density at radius 1 is 1.05 bits per heavy atom. The summed E-state index contributed by atoms with van der Waals surface area (Å²) < 4.78 is 0. The maximum Gasteiger partial charge on any atom is 0.226 e. The number of carbonyl (C=O) groups is 1. The molecule has 2 aliphatic carbocycles. The van der Waals surface area contributed by atoms with Crippen molar-refractivity contribution >= 4 is 5.91 Å². The maximum atomic E-state index is 13.0. The lowest BCUT2D eigenvalue weighted by Gasteiger charge is -2.41. The number of likely N-dealkylation sites (N-methyl/N-ethyl adjacent to an activating group) is 1. The van der Waals surface area contributed by atoms with E-state index in [9.17, 15) is 4.79 Å². The highest BCUT2D eigenvalue weighted by molar-refractivity contribution is 5.80. The van der Waals surface area contributed by atoms with E-state index < -0.39 is 0 Å². The van der Waals surface area contributed by atoms with Crippen molar-refractivity contribution in [2.24, 2.45) is 17.8 Å². The molecule has 0 bridgehead atoms. The summed E-state index contributed by atoms with van der Waals surface area (Å²) in [7, 11) is 2.16. The van der Waals surface area contributed by atoms with Crippen LogP contribution in [0.2, 0.25) is 0 Å². The van der Waals surface area contributed by atoms with Crippen LogP contribution in [0.25, 0.3) is 0 Å². The van der Waals surface area contributed by atoms with Crippen molar-refractivity contribution in [3.8, 4) is 0 Å². The van der Waals surface area contributed by atoms with E-state index in [1.165, 1.54) is 12.0 Å². The fourth-order valence-electron chi connectivity index (χ4n) is 4.29. The molecule has 1 aromatic carbocycles. The van der Waals surface area contributed by atoms with E-state index in [0.717, 1.165) is 44.3 Å². The average Bonchev–Trinajstić information content (AvgIpc) is 3.13. The predicted molar refractivity (Wildman–Crippen MR) is 82.7 cm³/mol. The lowest BCUT2D eigenvalue weighted by molar-refractivity contribution is -0.140. The van der Waals surface area contributed by atoms with Crippen molar-refractivity contribution in [1.82, 2.24) is 9.80 Å². The quantitative estimate of drug-likeness (QED) is 0.833. The van der Waals surface area contributed by atoms with E-state index in [2.05, 4.69) is 41.1 Å². The molecule has 21 heavy (non-hydrogen) atoms. The molecule has 1 aliphatic heterocycles. The SMILES string of the molecule is CN1CCN(C(=O)C2CC3CC3C2)C(c2ccccc2)C1. The molecule has 2 saturated carbocycles. The first kappa shape index (κ1) is 13.3. The van der Waals surface area contributed by atoms with Crippen LogP contribution in [0.3, 0.4) is 0 Å². The van der Waals surface area contributed by atoms with Crippen LogP contribution in [0, 0.1) is 17.8 Å². The first-order chi connectivity index (χ1) is 10.2. The van der Waals surface area contributed by atoms with Crippen molar-refractivity contribution in [3.63, 3.8) is 0 Å². The Morgan fingerprint density at radius 3 is 2.48 bits per heavy atom. The van der Waals surface area contributed by atoms with Gasteiger partial charge in [0.05, 0.1) is 6.04 Å². The summed E-state index contributed by atoms with van der Waals surface area (Å²) in [6.45, 7) is 2.82. The topological polar surface area (TPSA) is 23.6 Å². The Kier molecular flexibility index (Phi) is 3.26.